The summed E-state index contributed by atoms with van der Waals surface area (Å²) in [5, 5.41) is 2.46. The summed E-state index contributed by atoms with van der Waals surface area (Å²) < 4.78 is 25.8. The van der Waals surface area contributed by atoms with Crippen LogP contribution in [0.3, 0.4) is 0 Å². The predicted octanol–water partition coefficient (Wildman–Crippen LogP) is 2.11. The monoisotopic (exact) mass is 223 g/mol. The lowest BCUT2D eigenvalue weighted by molar-refractivity contribution is 0.0941. The average molecular weight is 223 g/mol. The number of hydrogen-bond donors (Lipinski definition) is 1. The molecular formula is C12H11F2NO. The van der Waals surface area contributed by atoms with E-state index in [-0.39, 0.29) is 5.56 Å². The standard InChI is InChI=1S/C12H11F2NO/c1-3-9(4-2)15-12(16)10-6-5-8(13)7-11(10)14/h1,5-7,9H,4H2,2H3,(H,15,16). The number of benzene rings is 1. The molecule has 4 heteroatoms. The van der Waals surface area contributed by atoms with E-state index in [2.05, 4.69) is 11.2 Å². The minimum Gasteiger partial charge on any atom is -0.338 e. The van der Waals surface area contributed by atoms with Gasteiger partial charge in [-0.15, -0.1) is 6.42 Å². The van der Waals surface area contributed by atoms with E-state index in [4.69, 9.17) is 6.42 Å². The van der Waals surface area contributed by atoms with Crippen molar-refractivity contribution < 1.29 is 13.6 Å². The molecular weight excluding hydrogens is 212 g/mol. The molecule has 0 fully saturated rings. The van der Waals surface area contributed by atoms with Crippen molar-refractivity contribution in [2.45, 2.75) is 19.4 Å². The van der Waals surface area contributed by atoms with Crippen LogP contribution in [0.5, 0.6) is 0 Å². The number of halogens is 2. The molecule has 1 N–H and O–H groups in total. The van der Waals surface area contributed by atoms with Gasteiger partial charge in [-0.2, -0.15) is 0 Å². The van der Waals surface area contributed by atoms with Gasteiger partial charge in [-0.25, -0.2) is 8.78 Å². The first-order valence-corrected chi connectivity index (χ1v) is 4.80. The second-order valence-corrected chi connectivity index (χ2v) is 3.23. The van der Waals surface area contributed by atoms with Gasteiger partial charge in [0.05, 0.1) is 11.6 Å². The van der Waals surface area contributed by atoms with E-state index in [0.29, 0.717) is 12.5 Å². The molecule has 0 aliphatic carbocycles. The van der Waals surface area contributed by atoms with E-state index < -0.39 is 23.6 Å². The Balaban J connectivity index is 2.85. The summed E-state index contributed by atoms with van der Waals surface area (Å²) in [5.74, 6) is 0.0952. The van der Waals surface area contributed by atoms with Crippen LogP contribution >= 0.6 is 0 Å². The summed E-state index contributed by atoms with van der Waals surface area (Å²) in [4.78, 5) is 11.5. The SMILES string of the molecule is C#CC(CC)NC(=O)c1ccc(F)cc1F. The first-order valence-electron chi connectivity index (χ1n) is 4.80. The molecule has 0 aliphatic heterocycles. The molecule has 2 nitrogen and oxygen atoms in total. The molecule has 0 aromatic heterocycles. The summed E-state index contributed by atoms with van der Waals surface area (Å²) in [7, 11) is 0. The lowest BCUT2D eigenvalue weighted by atomic mass is 10.1. The highest BCUT2D eigenvalue weighted by Gasteiger charge is 2.14. The van der Waals surface area contributed by atoms with Gasteiger partial charge in [0.15, 0.2) is 0 Å². The third kappa shape index (κ3) is 2.80. The highest BCUT2D eigenvalue weighted by molar-refractivity contribution is 5.94. The van der Waals surface area contributed by atoms with E-state index in [9.17, 15) is 13.6 Å². The summed E-state index contributed by atoms with van der Waals surface area (Å²) in [6, 6.07) is 2.32. The molecule has 0 heterocycles. The smallest absolute Gasteiger partial charge is 0.255 e. The van der Waals surface area contributed by atoms with Crippen molar-refractivity contribution in [2.75, 3.05) is 0 Å². The Bertz CT molecular complexity index is 437. The average Bonchev–Trinajstić information content (AvgIpc) is 2.25. The lowest BCUT2D eigenvalue weighted by Crippen LogP contribution is -2.33. The van der Waals surface area contributed by atoms with Crippen LogP contribution < -0.4 is 5.32 Å². The highest BCUT2D eigenvalue weighted by atomic mass is 19.1. The van der Waals surface area contributed by atoms with Gasteiger partial charge in [-0.05, 0) is 18.6 Å². The Hall–Kier alpha value is -1.89. The van der Waals surface area contributed by atoms with Gasteiger partial charge >= 0.3 is 0 Å². The topological polar surface area (TPSA) is 29.1 Å². The maximum absolute atomic E-state index is 13.2. The second kappa shape index (κ2) is 5.26. The molecule has 0 radical (unpaired) electrons. The van der Waals surface area contributed by atoms with Crippen molar-refractivity contribution in [1.29, 1.82) is 0 Å². The van der Waals surface area contributed by atoms with Gasteiger partial charge in [-0.1, -0.05) is 12.8 Å². The third-order valence-corrected chi connectivity index (χ3v) is 2.09. The molecule has 1 atom stereocenters. The Labute approximate surface area is 92.7 Å². The Morgan fingerprint density at radius 3 is 2.75 bits per heavy atom. The van der Waals surface area contributed by atoms with Gasteiger partial charge in [0.2, 0.25) is 0 Å². The lowest BCUT2D eigenvalue weighted by Gasteiger charge is -2.10. The van der Waals surface area contributed by atoms with Crippen LogP contribution in [-0.2, 0) is 0 Å². The second-order valence-electron chi connectivity index (χ2n) is 3.23. The molecule has 84 valence electrons. The van der Waals surface area contributed by atoms with Crippen LogP contribution in [0.15, 0.2) is 18.2 Å². The fourth-order valence-corrected chi connectivity index (χ4v) is 1.17. The van der Waals surface area contributed by atoms with Gasteiger partial charge in [-0.3, -0.25) is 4.79 Å². The number of hydrogen-bond acceptors (Lipinski definition) is 1. The molecule has 1 unspecified atom stereocenters. The molecule has 0 aliphatic rings. The minimum atomic E-state index is -0.899. The van der Waals surface area contributed by atoms with Crippen molar-refractivity contribution >= 4 is 5.91 Å². The normalized spacial score (nSPS) is 11.6. The number of terminal acetylenes is 1. The molecule has 1 aromatic rings. The van der Waals surface area contributed by atoms with Gasteiger partial charge < -0.3 is 5.32 Å². The molecule has 16 heavy (non-hydrogen) atoms. The Kier molecular flexibility index (Phi) is 4.01. The van der Waals surface area contributed by atoms with Crippen molar-refractivity contribution in [3.8, 4) is 12.3 Å². The van der Waals surface area contributed by atoms with Crippen LogP contribution in [0.2, 0.25) is 0 Å². The number of carbonyl (C=O) groups excluding carboxylic acids is 1. The largest absolute Gasteiger partial charge is 0.338 e. The Morgan fingerprint density at radius 2 is 2.25 bits per heavy atom. The number of rotatable bonds is 3. The zero-order valence-corrected chi connectivity index (χ0v) is 8.76. The van der Waals surface area contributed by atoms with Crippen LogP contribution in [0.4, 0.5) is 8.78 Å². The number of nitrogens with one attached hydrogen (secondary N) is 1. The van der Waals surface area contributed by atoms with E-state index in [0.717, 1.165) is 12.1 Å². The fourth-order valence-electron chi connectivity index (χ4n) is 1.17. The van der Waals surface area contributed by atoms with Crippen molar-refractivity contribution in [2.24, 2.45) is 0 Å². The summed E-state index contributed by atoms with van der Waals surface area (Å²) in [6.45, 7) is 1.80. The maximum Gasteiger partial charge on any atom is 0.255 e. The summed E-state index contributed by atoms with van der Waals surface area (Å²) in [5.41, 5.74) is -0.213. The summed E-state index contributed by atoms with van der Waals surface area (Å²) in [6.07, 6.45) is 5.70. The van der Waals surface area contributed by atoms with Crippen LogP contribution in [0.25, 0.3) is 0 Å². The Morgan fingerprint density at radius 1 is 1.56 bits per heavy atom. The van der Waals surface area contributed by atoms with Crippen LogP contribution in [0, 0.1) is 24.0 Å². The first kappa shape index (κ1) is 12.2. The molecule has 0 saturated heterocycles. The zero-order valence-electron chi connectivity index (χ0n) is 8.76. The van der Waals surface area contributed by atoms with E-state index >= 15 is 0 Å². The summed E-state index contributed by atoms with van der Waals surface area (Å²) >= 11 is 0. The van der Waals surface area contributed by atoms with Crippen LogP contribution in [0.1, 0.15) is 23.7 Å². The molecule has 1 rings (SSSR count). The van der Waals surface area contributed by atoms with Crippen molar-refractivity contribution in [1.82, 2.24) is 5.32 Å². The third-order valence-electron chi connectivity index (χ3n) is 2.09. The quantitative estimate of drug-likeness (QED) is 0.781. The van der Waals surface area contributed by atoms with E-state index in [1.807, 2.05) is 0 Å². The van der Waals surface area contributed by atoms with Gasteiger partial charge in [0.1, 0.15) is 11.6 Å². The van der Waals surface area contributed by atoms with Crippen molar-refractivity contribution in [3.63, 3.8) is 0 Å². The molecule has 0 bridgehead atoms. The number of amides is 1. The number of carbonyl (C=O) groups is 1. The zero-order chi connectivity index (χ0) is 12.1. The molecule has 0 spiro atoms. The predicted molar refractivity (Wildman–Crippen MR) is 56.7 cm³/mol. The van der Waals surface area contributed by atoms with E-state index in [1.165, 1.54) is 0 Å². The van der Waals surface area contributed by atoms with Crippen LogP contribution in [-0.4, -0.2) is 11.9 Å². The minimum absolute atomic E-state index is 0.213. The van der Waals surface area contributed by atoms with Gasteiger partial charge in [0.25, 0.3) is 5.91 Å². The molecule has 1 aromatic carbocycles. The highest BCUT2D eigenvalue weighted by Crippen LogP contribution is 2.09. The molecule has 1 amide bonds. The first-order chi connectivity index (χ1) is 7.58. The maximum atomic E-state index is 13.2. The fraction of sp³-hybridized carbons (Fsp3) is 0.250. The van der Waals surface area contributed by atoms with Gasteiger partial charge in [0, 0.05) is 6.07 Å². The van der Waals surface area contributed by atoms with Crippen molar-refractivity contribution in [3.05, 3.63) is 35.4 Å². The van der Waals surface area contributed by atoms with E-state index in [1.54, 1.807) is 6.92 Å². The molecule has 0 saturated carbocycles.